The molecule has 0 atom stereocenters. The number of esters is 1. The number of fused-ring (bicyclic) bond motifs is 1. The molecule has 6 heteroatoms. The van der Waals surface area contributed by atoms with Gasteiger partial charge in [0.1, 0.15) is 11.5 Å². The third kappa shape index (κ3) is 2.92. The number of hydrogen-bond acceptors (Lipinski definition) is 3. The average Bonchev–Trinajstić information content (AvgIpc) is 2.91. The highest BCUT2D eigenvalue weighted by Crippen LogP contribution is 2.24. The predicted molar refractivity (Wildman–Crippen MR) is 86.2 cm³/mol. The van der Waals surface area contributed by atoms with Gasteiger partial charge in [0.05, 0.1) is 29.9 Å². The number of carbonyl (C=O) groups is 1. The SMILES string of the molecule is CCOC(=O)c1cc2ccncc2n1Cc1cccc(Cl)c1F. The average molecular weight is 333 g/mol. The number of pyridine rings is 1. The van der Waals surface area contributed by atoms with Crippen LogP contribution in [0.2, 0.25) is 5.02 Å². The molecule has 0 amide bonds. The number of hydrogen-bond donors (Lipinski definition) is 0. The first-order valence-electron chi connectivity index (χ1n) is 7.15. The Balaban J connectivity index is 2.12. The molecule has 2 heterocycles. The second kappa shape index (κ2) is 6.38. The van der Waals surface area contributed by atoms with Gasteiger partial charge in [-0.2, -0.15) is 0 Å². The first-order valence-corrected chi connectivity index (χ1v) is 7.53. The van der Waals surface area contributed by atoms with Crippen molar-refractivity contribution in [3.63, 3.8) is 0 Å². The van der Waals surface area contributed by atoms with Crippen LogP contribution in [-0.2, 0) is 11.3 Å². The molecule has 1 aromatic carbocycles. The summed E-state index contributed by atoms with van der Waals surface area (Å²) in [7, 11) is 0. The van der Waals surface area contributed by atoms with Gasteiger partial charge >= 0.3 is 5.97 Å². The fourth-order valence-electron chi connectivity index (χ4n) is 2.48. The van der Waals surface area contributed by atoms with Gasteiger partial charge in [0.2, 0.25) is 0 Å². The lowest BCUT2D eigenvalue weighted by Crippen LogP contribution is -2.13. The molecular formula is C17H14ClFN2O2. The molecule has 0 aliphatic rings. The molecule has 0 unspecified atom stereocenters. The maximum atomic E-state index is 14.2. The Labute approximate surface area is 137 Å². The van der Waals surface area contributed by atoms with Gasteiger partial charge in [0, 0.05) is 17.1 Å². The van der Waals surface area contributed by atoms with Crippen LogP contribution in [0, 0.1) is 5.82 Å². The van der Waals surface area contributed by atoms with Crippen LogP contribution in [0.15, 0.2) is 42.7 Å². The lowest BCUT2D eigenvalue weighted by Gasteiger charge is -2.11. The lowest BCUT2D eigenvalue weighted by molar-refractivity contribution is 0.0515. The normalized spacial score (nSPS) is 10.9. The van der Waals surface area contributed by atoms with Gasteiger partial charge in [-0.3, -0.25) is 4.98 Å². The van der Waals surface area contributed by atoms with E-state index in [0.717, 1.165) is 10.9 Å². The van der Waals surface area contributed by atoms with Gasteiger partial charge in [-0.15, -0.1) is 0 Å². The van der Waals surface area contributed by atoms with Crippen LogP contribution in [0.1, 0.15) is 23.0 Å². The van der Waals surface area contributed by atoms with Crippen molar-refractivity contribution < 1.29 is 13.9 Å². The molecule has 0 fully saturated rings. The molecule has 0 radical (unpaired) electrons. The minimum atomic E-state index is -0.491. The summed E-state index contributed by atoms with van der Waals surface area (Å²) in [6.07, 6.45) is 3.28. The molecule has 3 rings (SSSR count). The fourth-order valence-corrected chi connectivity index (χ4v) is 2.68. The second-order valence-corrected chi connectivity index (χ2v) is 5.39. The van der Waals surface area contributed by atoms with Crippen LogP contribution in [0.5, 0.6) is 0 Å². The molecule has 2 aromatic heterocycles. The van der Waals surface area contributed by atoms with E-state index >= 15 is 0 Å². The molecule has 0 aliphatic carbocycles. The van der Waals surface area contributed by atoms with Crippen molar-refractivity contribution >= 4 is 28.5 Å². The molecule has 0 spiro atoms. The van der Waals surface area contributed by atoms with Crippen LogP contribution in [-0.4, -0.2) is 22.1 Å². The fraction of sp³-hybridized carbons (Fsp3) is 0.176. The Bertz CT molecular complexity index is 876. The summed E-state index contributed by atoms with van der Waals surface area (Å²) in [5.41, 5.74) is 1.48. The quantitative estimate of drug-likeness (QED) is 0.677. The van der Waals surface area contributed by atoms with Gasteiger partial charge in [-0.25, -0.2) is 9.18 Å². The number of benzene rings is 1. The van der Waals surface area contributed by atoms with Crippen molar-refractivity contribution in [2.45, 2.75) is 13.5 Å². The van der Waals surface area contributed by atoms with Crippen LogP contribution < -0.4 is 0 Å². The molecular weight excluding hydrogens is 319 g/mol. The highest BCUT2D eigenvalue weighted by atomic mass is 35.5. The number of carbonyl (C=O) groups excluding carboxylic acids is 1. The Morgan fingerprint density at radius 1 is 1.39 bits per heavy atom. The third-order valence-corrected chi connectivity index (χ3v) is 3.84. The molecule has 23 heavy (non-hydrogen) atoms. The van der Waals surface area contributed by atoms with E-state index in [1.54, 1.807) is 48.1 Å². The van der Waals surface area contributed by atoms with Gasteiger partial charge in [0.25, 0.3) is 0 Å². The van der Waals surface area contributed by atoms with Crippen molar-refractivity contribution in [1.29, 1.82) is 0 Å². The first-order chi connectivity index (χ1) is 11.1. The summed E-state index contributed by atoms with van der Waals surface area (Å²) < 4.78 is 21.0. The van der Waals surface area contributed by atoms with E-state index in [4.69, 9.17) is 16.3 Å². The molecule has 0 N–H and O–H groups in total. The van der Waals surface area contributed by atoms with Crippen LogP contribution in [0.25, 0.3) is 10.9 Å². The van der Waals surface area contributed by atoms with Gasteiger partial charge in [-0.05, 0) is 25.1 Å². The van der Waals surface area contributed by atoms with Crippen molar-refractivity contribution in [3.05, 3.63) is 64.8 Å². The zero-order valence-electron chi connectivity index (χ0n) is 12.4. The van der Waals surface area contributed by atoms with Gasteiger partial charge < -0.3 is 9.30 Å². The van der Waals surface area contributed by atoms with Crippen LogP contribution in [0.4, 0.5) is 4.39 Å². The Kier molecular flexibility index (Phi) is 4.30. The minimum Gasteiger partial charge on any atom is -0.461 e. The molecule has 3 aromatic rings. The summed E-state index contributed by atoms with van der Waals surface area (Å²) in [5.74, 6) is -0.944. The standard InChI is InChI=1S/C17H14ClFN2O2/c1-2-23-17(22)14-8-11-6-7-20-9-15(11)21(14)10-12-4-3-5-13(18)16(12)19/h3-9H,2,10H2,1H3. The lowest BCUT2D eigenvalue weighted by atomic mass is 10.2. The van der Waals surface area contributed by atoms with Crippen molar-refractivity contribution in [2.24, 2.45) is 0 Å². The number of ether oxygens (including phenoxy) is 1. The van der Waals surface area contributed by atoms with Crippen molar-refractivity contribution in [1.82, 2.24) is 9.55 Å². The van der Waals surface area contributed by atoms with Gasteiger partial charge in [0.15, 0.2) is 0 Å². The minimum absolute atomic E-state index is 0.0507. The van der Waals surface area contributed by atoms with E-state index < -0.39 is 11.8 Å². The first kappa shape index (κ1) is 15.5. The topological polar surface area (TPSA) is 44.1 Å². The summed E-state index contributed by atoms with van der Waals surface area (Å²) in [4.78, 5) is 16.3. The van der Waals surface area contributed by atoms with E-state index in [1.165, 1.54) is 6.07 Å². The van der Waals surface area contributed by atoms with Crippen molar-refractivity contribution in [3.8, 4) is 0 Å². The van der Waals surface area contributed by atoms with Crippen molar-refractivity contribution in [2.75, 3.05) is 6.61 Å². The number of aromatic nitrogens is 2. The predicted octanol–water partition coefficient (Wildman–Crippen LogP) is 4.05. The molecule has 0 aliphatic heterocycles. The molecule has 0 bridgehead atoms. The highest BCUT2D eigenvalue weighted by molar-refractivity contribution is 6.30. The van der Waals surface area contributed by atoms with E-state index in [1.807, 2.05) is 0 Å². The molecule has 4 nitrogen and oxygen atoms in total. The Hall–Kier alpha value is -2.40. The van der Waals surface area contributed by atoms with Gasteiger partial charge in [-0.1, -0.05) is 23.7 Å². The largest absolute Gasteiger partial charge is 0.461 e. The third-order valence-electron chi connectivity index (χ3n) is 3.55. The summed E-state index contributed by atoms with van der Waals surface area (Å²) in [6, 6.07) is 8.31. The number of rotatable bonds is 4. The summed E-state index contributed by atoms with van der Waals surface area (Å²) >= 11 is 5.84. The highest BCUT2D eigenvalue weighted by Gasteiger charge is 2.18. The maximum absolute atomic E-state index is 14.2. The van der Waals surface area contributed by atoms with Crippen LogP contribution >= 0.6 is 11.6 Å². The molecule has 0 saturated carbocycles. The van der Waals surface area contributed by atoms with E-state index in [0.29, 0.717) is 11.3 Å². The zero-order valence-corrected chi connectivity index (χ0v) is 13.2. The molecule has 118 valence electrons. The summed E-state index contributed by atoms with van der Waals surface area (Å²) in [5, 5.41) is 0.889. The van der Waals surface area contributed by atoms with Crippen LogP contribution in [0.3, 0.4) is 0 Å². The number of nitrogens with zero attached hydrogens (tertiary/aromatic N) is 2. The smallest absolute Gasteiger partial charge is 0.354 e. The maximum Gasteiger partial charge on any atom is 0.354 e. The Morgan fingerprint density at radius 3 is 3.00 bits per heavy atom. The van der Waals surface area contributed by atoms with E-state index in [9.17, 15) is 9.18 Å². The zero-order chi connectivity index (χ0) is 16.4. The van der Waals surface area contributed by atoms with E-state index in [2.05, 4.69) is 4.98 Å². The van der Waals surface area contributed by atoms with E-state index in [-0.39, 0.29) is 18.2 Å². The molecule has 0 saturated heterocycles. The Morgan fingerprint density at radius 2 is 2.22 bits per heavy atom. The second-order valence-electron chi connectivity index (χ2n) is 4.98. The number of halogens is 2. The summed E-state index contributed by atoms with van der Waals surface area (Å²) in [6.45, 7) is 2.17. The monoisotopic (exact) mass is 332 g/mol.